The fourth-order valence-corrected chi connectivity index (χ4v) is 7.25. The molecule has 1 heterocycles. The normalized spacial score (nSPS) is 31.2. The number of benzene rings is 1. The van der Waals surface area contributed by atoms with E-state index in [2.05, 4.69) is 0 Å². The maximum atomic E-state index is 13.3. The molecule has 1 aromatic rings. The lowest BCUT2D eigenvalue weighted by Gasteiger charge is -2.36. The van der Waals surface area contributed by atoms with E-state index in [1.165, 1.54) is 50.6 Å². The highest BCUT2D eigenvalue weighted by Crippen LogP contribution is 2.41. The SMILES string of the molecule is Fc1cc(CCC2CCC([C@H]3CC[Si@H](Cl)CC3)CC2)cc(F)c1F. The minimum atomic E-state index is -1.37. The Hall–Kier alpha value is -0.483. The molecule has 0 amide bonds. The van der Waals surface area contributed by atoms with E-state index in [1.54, 1.807) is 0 Å². The summed E-state index contributed by atoms with van der Waals surface area (Å²) in [6.07, 6.45) is 9.26. The van der Waals surface area contributed by atoms with Crippen molar-refractivity contribution in [3.8, 4) is 0 Å². The Balaban J connectivity index is 1.44. The molecule has 24 heavy (non-hydrogen) atoms. The van der Waals surface area contributed by atoms with Gasteiger partial charge < -0.3 is 0 Å². The van der Waals surface area contributed by atoms with Crippen molar-refractivity contribution >= 4 is 19.2 Å². The molecule has 5 heteroatoms. The van der Waals surface area contributed by atoms with Crippen LogP contribution in [0.3, 0.4) is 0 Å². The van der Waals surface area contributed by atoms with Gasteiger partial charge in [-0.2, -0.15) is 11.1 Å². The highest BCUT2D eigenvalue weighted by molar-refractivity contribution is 7.07. The lowest BCUT2D eigenvalue weighted by atomic mass is 9.73. The van der Waals surface area contributed by atoms with Crippen LogP contribution in [0.25, 0.3) is 0 Å². The van der Waals surface area contributed by atoms with Crippen molar-refractivity contribution in [1.82, 2.24) is 0 Å². The molecule has 3 rings (SSSR count). The van der Waals surface area contributed by atoms with Crippen LogP contribution in [-0.2, 0) is 6.42 Å². The van der Waals surface area contributed by atoms with E-state index in [9.17, 15) is 13.2 Å². The lowest BCUT2D eigenvalue weighted by Crippen LogP contribution is -2.26. The molecule has 1 aliphatic carbocycles. The van der Waals surface area contributed by atoms with Gasteiger partial charge in [-0.3, -0.25) is 0 Å². The van der Waals surface area contributed by atoms with Gasteiger partial charge in [-0.15, -0.1) is 0 Å². The van der Waals surface area contributed by atoms with Crippen LogP contribution >= 0.6 is 11.1 Å². The average molecular weight is 375 g/mol. The van der Waals surface area contributed by atoms with Crippen LogP contribution in [0.4, 0.5) is 13.2 Å². The van der Waals surface area contributed by atoms with E-state index in [4.69, 9.17) is 11.1 Å². The van der Waals surface area contributed by atoms with Gasteiger partial charge in [-0.05, 0) is 73.2 Å². The highest BCUT2D eigenvalue weighted by Gasteiger charge is 2.30. The van der Waals surface area contributed by atoms with Gasteiger partial charge >= 0.3 is 0 Å². The minimum absolute atomic E-state index is 0.568. The fraction of sp³-hybridized carbons (Fsp3) is 0.684. The van der Waals surface area contributed by atoms with Gasteiger partial charge in [0.1, 0.15) is 8.11 Å². The summed E-state index contributed by atoms with van der Waals surface area (Å²) in [4.78, 5) is 0. The summed E-state index contributed by atoms with van der Waals surface area (Å²) in [5.41, 5.74) is 0.568. The molecule has 1 aromatic carbocycles. The molecule has 0 unspecified atom stereocenters. The van der Waals surface area contributed by atoms with E-state index in [1.807, 2.05) is 0 Å². The van der Waals surface area contributed by atoms with Crippen LogP contribution < -0.4 is 0 Å². The summed E-state index contributed by atoms with van der Waals surface area (Å²) in [5.74, 6) is -1.14. The number of hydrogen-bond acceptors (Lipinski definition) is 0. The summed E-state index contributed by atoms with van der Waals surface area (Å²) in [5, 5.41) is 0. The van der Waals surface area contributed by atoms with Gasteiger partial charge in [0.05, 0.1) is 0 Å². The molecule has 0 bridgehead atoms. The molecule has 0 N–H and O–H groups in total. The Morgan fingerprint density at radius 3 is 2.00 bits per heavy atom. The Bertz CT molecular complexity index is 527. The molecule has 0 radical (unpaired) electrons. The van der Waals surface area contributed by atoms with E-state index in [-0.39, 0.29) is 0 Å². The highest BCUT2D eigenvalue weighted by atomic mass is 35.6. The summed E-state index contributed by atoms with van der Waals surface area (Å²) in [6, 6.07) is 4.87. The zero-order chi connectivity index (χ0) is 17.1. The third-order valence-corrected chi connectivity index (χ3v) is 9.37. The second-order valence-corrected chi connectivity index (χ2v) is 11.9. The van der Waals surface area contributed by atoms with Gasteiger partial charge in [0.15, 0.2) is 17.5 Å². The number of aryl methyl sites for hydroxylation is 1. The topological polar surface area (TPSA) is 0 Å². The standard InChI is InChI=1S/C19H26ClF3Si/c20-24-9-7-16(8-10-24)15-5-3-13(4-6-15)1-2-14-11-17(21)19(23)18(22)12-14/h11-13,15-16,24H,1-10H2/t13?,15?,16-,24-. The number of rotatable bonds is 4. The molecule has 0 spiro atoms. The zero-order valence-corrected chi connectivity index (χ0v) is 16.0. The molecule has 2 fully saturated rings. The Kier molecular flexibility index (Phi) is 6.31. The maximum absolute atomic E-state index is 13.3. The molecule has 0 nitrogen and oxygen atoms in total. The molecule has 2 aliphatic rings. The van der Waals surface area contributed by atoms with E-state index in [0.717, 1.165) is 30.4 Å². The first kappa shape index (κ1) is 18.3. The van der Waals surface area contributed by atoms with Crippen LogP contribution in [0, 0.1) is 35.2 Å². The van der Waals surface area contributed by atoms with Gasteiger partial charge in [0.25, 0.3) is 0 Å². The predicted octanol–water partition coefficient (Wildman–Crippen LogP) is 6.22. The quantitative estimate of drug-likeness (QED) is 0.333. The van der Waals surface area contributed by atoms with Gasteiger partial charge in [0.2, 0.25) is 0 Å². The summed E-state index contributed by atoms with van der Waals surface area (Å²) in [7, 11) is -0.874. The van der Waals surface area contributed by atoms with Gasteiger partial charge in [0, 0.05) is 0 Å². The molecule has 1 aliphatic heterocycles. The Morgan fingerprint density at radius 2 is 1.42 bits per heavy atom. The van der Waals surface area contributed by atoms with Crippen LogP contribution in [0.15, 0.2) is 12.1 Å². The van der Waals surface area contributed by atoms with Crippen LogP contribution in [0.1, 0.15) is 50.5 Å². The second-order valence-electron chi connectivity index (χ2n) is 7.70. The molecule has 1 saturated heterocycles. The van der Waals surface area contributed by atoms with Crippen molar-refractivity contribution in [2.24, 2.45) is 17.8 Å². The monoisotopic (exact) mass is 374 g/mol. The summed E-state index contributed by atoms with van der Waals surface area (Å²) in [6.45, 7) is 0. The van der Waals surface area contributed by atoms with E-state index in [0.29, 0.717) is 17.9 Å². The number of halogens is 4. The smallest absolute Gasteiger partial charge is 0.194 e. The zero-order valence-electron chi connectivity index (χ0n) is 14.0. The average Bonchev–Trinajstić information content (AvgIpc) is 2.59. The lowest BCUT2D eigenvalue weighted by molar-refractivity contribution is 0.187. The minimum Gasteiger partial charge on any atom is -0.204 e. The molecule has 134 valence electrons. The van der Waals surface area contributed by atoms with Crippen molar-refractivity contribution in [1.29, 1.82) is 0 Å². The molecular formula is C19H26ClF3Si. The van der Waals surface area contributed by atoms with Crippen LogP contribution in [-0.4, -0.2) is 8.11 Å². The van der Waals surface area contributed by atoms with Gasteiger partial charge in [-0.1, -0.05) is 25.7 Å². The van der Waals surface area contributed by atoms with Crippen molar-refractivity contribution in [2.45, 2.75) is 63.5 Å². The number of hydrogen-bond donors (Lipinski definition) is 0. The third kappa shape index (κ3) is 4.57. The maximum Gasteiger partial charge on any atom is 0.194 e. The van der Waals surface area contributed by atoms with Gasteiger partial charge in [-0.25, -0.2) is 13.2 Å². The molecule has 1 saturated carbocycles. The molecular weight excluding hydrogens is 349 g/mol. The predicted molar refractivity (Wildman–Crippen MR) is 95.4 cm³/mol. The summed E-state index contributed by atoms with van der Waals surface area (Å²) < 4.78 is 39.5. The first-order valence-electron chi connectivity index (χ1n) is 9.30. The Labute approximate surface area is 149 Å². The van der Waals surface area contributed by atoms with Crippen molar-refractivity contribution in [2.75, 3.05) is 0 Å². The van der Waals surface area contributed by atoms with Crippen LogP contribution in [0.5, 0.6) is 0 Å². The molecule has 0 aromatic heterocycles. The Morgan fingerprint density at radius 1 is 0.875 bits per heavy atom. The van der Waals surface area contributed by atoms with Crippen molar-refractivity contribution in [3.05, 3.63) is 35.1 Å². The largest absolute Gasteiger partial charge is 0.204 e. The summed E-state index contributed by atoms with van der Waals surface area (Å²) >= 11 is 6.34. The van der Waals surface area contributed by atoms with Crippen molar-refractivity contribution in [3.63, 3.8) is 0 Å². The first-order chi connectivity index (χ1) is 11.5. The van der Waals surface area contributed by atoms with E-state index >= 15 is 0 Å². The second kappa shape index (κ2) is 8.26. The van der Waals surface area contributed by atoms with Crippen molar-refractivity contribution < 1.29 is 13.2 Å². The van der Waals surface area contributed by atoms with E-state index < -0.39 is 25.6 Å². The third-order valence-electron chi connectivity index (χ3n) is 6.14. The first-order valence-corrected chi connectivity index (χ1v) is 12.7. The van der Waals surface area contributed by atoms with Crippen LogP contribution in [0.2, 0.25) is 12.1 Å². The fourth-order valence-electron chi connectivity index (χ4n) is 4.62. The molecule has 0 atom stereocenters.